The van der Waals surface area contributed by atoms with Crippen LogP contribution in [0.25, 0.3) is 0 Å². The molecule has 1 aromatic carbocycles. The van der Waals surface area contributed by atoms with Crippen molar-refractivity contribution in [1.29, 1.82) is 0 Å². The van der Waals surface area contributed by atoms with Crippen LogP contribution < -0.4 is 10.1 Å². The molecule has 132 valence electrons. The second kappa shape index (κ2) is 7.86. The van der Waals surface area contributed by atoms with Crippen molar-refractivity contribution in [1.82, 2.24) is 15.1 Å². The van der Waals surface area contributed by atoms with Crippen molar-refractivity contribution < 1.29 is 28.4 Å². The summed E-state index contributed by atoms with van der Waals surface area (Å²) >= 11 is 0. The number of amides is 1. The highest BCUT2D eigenvalue weighted by Gasteiger charge is 2.17. The Morgan fingerprint density at radius 1 is 1.40 bits per heavy atom. The quantitative estimate of drug-likeness (QED) is 0.445. The van der Waals surface area contributed by atoms with Crippen molar-refractivity contribution in [3.8, 4) is 5.75 Å². The van der Waals surface area contributed by atoms with Crippen LogP contribution in [0.5, 0.6) is 5.75 Å². The molecule has 0 aliphatic heterocycles. The average molecular weight is 352 g/mol. The molecule has 11 heteroatoms. The zero-order valence-corrected chi connectivity index (χ0v) is 13.0. The number of esters is 1. The number of carbonyl (C=O) groups is 2. The average Bonchev–Trinajstić information content (AvgIpc) is 3.06. The predicted molar refractivity (Wildman–Crippen MR) is 80.3 cm³/mol. The number of aromatic nitrogens is 2. The molecule has 0 saturated heterocycles. The number of hydrogen-bond donors (Lipinski definition) is 1. The fourth-order valence-electron chi connectivity index (χ4n) is 1.76. The molecule has 25 heavy (non-hydrogen) atoms. The third kappa shape index (κ3) is 4.73. The molecule has 0 unspecified atom stereocenters. The molecule has 0 atom stereocenters. The number of nitro benzene ring substituents is 1. The molecule has 1 heterocycles. The highest BCUT2D eigenvalue weighted by atomic mass is 19.1. The summed E-state index contributed by atoms with van der Waals surface area (Å²) in [5.74, 6) is -2.18. The van der Waals surface area contributed by atoms with Gasteiger partial charge in [-0.3, -0.25) is 19.7 Å². The highest BCUT2D eigenvalue weighted by Crippen LogP contribution is 2.27. The summed E-state index contributed by atoms with van der Waals surface area (Å²) in [4.78, 5) is 32.9. The first-order valence-electron chi connectivity index (χ1n) is 6.86. The van der Waals surface area contributed by atoms with E-state index in [1.165, 1.54) is 24.1 Å². The number of nitro groups is 1. The summed E-state index contributed by atoms with van der Waals surface area (Å²) < 4.78 is 24.0. The Balaban J connectivity index is 2.00. The van der Waals surface area contributed by atoms with E-state index in [2.05, 4.69) is 15.2 Å². The number of halogens is 1. The van der Waals surface area contributed by atoms with E-state index in [1.807, 2.05) is 0 Å². The molecule has 0 aliphatic rings. The molecular weight excluding hydrogens is 339 g/mol. The second-order valence-corrected chi connectivity index (χ2v) is 4.64. The van der Waals surface area contributed by atoms with Crippen LogP contribution in [0.3, 0.4) is 0 Å². The van der Waals surface area contributed by atoms with Gasteiger partial charge in [-0.1, -0.05) is 0 Å². The number of nitrogens with zero attached hydrogens (tertiary/aromatic N) is 3. The first kappa shape index (κ1) is 17.8. The number of methoxy groups -OCH3 is 1. The summed E-state index contributed by atoms with van der Waals surface area (Å²) in [7, 11) is 1.19. The van der Waals surface area contributed by atoms with Crippen molar-refractivity contribution in [3.63, 3.8) is 0 Å². The van der Waals surface area contributed by atoms with Gasteiger partial charge >= 0.3 is 11.7 Å². The smallest absolute Gasteiger partial charge is 0.325 e. The van der Waals surface area contributed by atoms with Crippen molar-refractivity contribution >= 4 is 17.6 Å². The molecular formula is C14H13FN4O6. The summed E-state index contributed by atoms with van der Waals surface area (Å²) in [6, 6.07) is 4.17. The van der Waals surface area contributed by atoms with Crippen LogP contribution in [-0.4, -0.2) is 40.2 Å². The lowest BCUT2D eigenvalue weighted by molar-refractivity contribution is -0.386. The maximum atomic E-state index is 13.2. The van der Waals surface area contributed by atoms with Crippen LogP contribution in [0.4, 0.5) is 10.1 Å². The Hall–Kier alpha value is -3.50. The Morgan fingerprint density at radius 2 is 2.16 bits per heavy atom. The normalized spacial score (nSPS) is 10.2. The summed E-state index contributed by atoms with van der Waals surface area (Å²) in [5.41, 5.74) is -0.397. The number of rotatable bonds is 7. The van der Waals surface area contributed by atoms with Gasteiger partial charge in [0.2, 0.25) is 5.75 Å². The minimum atomic E-state index is -0.705. The van der Waals surface area contributed by atoms with E-state index < -0.39 is 28.3 Å². The van der Waals surface area contributed by atoms with Gasteiger partial charge in [-0.05, 0) is 12.1 Å². The van der Waals surface area contributed by atoms with E-state index >= 15 is 0 Å². The van der Waals surface area contributed by atoms with Gasteiger partial charge in [-0.25, -0.2) is 9.07 Å². The number of benzene rings is 1. The molecule has 1 N–H and O–H groups in total. The maximum absolute atomic E-state index is 13.2. The fraction of sp³-hybridized carbons (Fsp3) is 0.214. The lowest BCUT2D eigenvalue weighted by Gasteiger charge is -2.07. The third-order valence-corrected chi connectivity index (χ3v) is 2.97. The molecule has 2 aromatic rings. The SMILES string of the molecule is COC(=O)CNC(=O)c1ccn(COc2cc(F)ccc2[N+](=O)[O-])n1. The molecule has 0 aliphatic carbocycles. The van der Waals surface area contributed by atoms with Crippen LogP contribution in [0.15, 0.2) is 30.5 Å². The number of nitrogens with one attached hydrogen (secondary N) is 1. The van der Waals surface area contributed by atoms with Gasteiger partial charge in [-0.2, -0.15) is 5.10 Å². The van der Waals surface area contributed by atoms with Gasteiger partial charge in [0, 0.05) is 18.3 Å². The molecule has 2 rings (SSSR count). The van der Waals surface area contributed by atoms with Gasteiger partial charge in [0.05, 0.1) is 12.0 Å². The monoisotopic (exact) mass is 352 g/mol. The largest absolute Gasteiger partial charge is 0.468 e. The lowest BCUT2D eigenvalue weighted by Crippen LogP contribution is -2.30. The van der Waals surface area contributed by atoms with Gasteiger partial charge in [0.25, 0.3) is 5.91 Å². The molecule has 1 amide bonds. The van der Waals surface area contributed by atoms with Crippen LogP contribution in [-0.2, 0) is 16.3 Å². The van der Waals surface area contributed by atoms with Crippen LogP contribution >= 0.6 is 0 Å². The van der Waals surface area contributed by atoms with Gasteiger partial charge < -0.3 is 14.8 Å². The summed E-state index contributed by atoms with van der Waals surface area (Å²) in [6.07, 6.45) is 1.39. The molecule has 0 bridgehead atoms. The first-order chi connectivity index (χ1) is 11.9. The Labute approximate surface area is 140 Å². The first-order valence-corrected chi connectivity index (χ1v) is 6.86. The van der Waals surface area contributed by atoms with Crippen LogP contribution in [0, 0.1) is 15.9 Å². The summed E-state index contributed by atoms with van der Waals surface area (Å²) in [5, 5.41) is 17.1. The predicted octanol–water partition coefficient (Wildman–Crippen LogP) is 0.870. The standard InChI is InChI=1S/C14H13FN4O6/c1-24-13(20)7-16-14(21)10-4-5-18(17-10)8-25-12-6-9(15)2-3-11(12)19(22)23/h2-6H,7-8H2,1H3,(H,16,21). The number of ether oxygens (including phenoxy) is 2. The van der Waals surface area contributed by atoms with E-state index in [0.717, 1.165) is 18.2 Å². The minimum Gasteiger partial charge on any atom is -0.468 e. The number of hydrogen-bond acceptors (Lipinski definition) is 7. The Bertz CT molecular complexity index is 806. The van der Waals surface area contributed by atoms with Crippen molar-refractivity contribution in [2.24, 2.45) is 0 Å². The zero-order valence-electron chi connectivity index (χ0n) is 13.0. The minimum absolute atomic E-state index is 0.00115. The number of carbonyl (C=O) groups excluding carboxylic acids is 2. The van der Waals surface area contributed by atoms with E-state index in [9.17, 15) is 24.1 Å². The molecule has 0 fully saturated rings. The summed E-state index contributed by atoms with van der Waals surface area (Å²) in [6.45, 7) is -0.594. The lowest BCUT2D eigenvalue weighted by atomic mass is 10.3. The third-order valence-electron chi connectivity index (χ3n) is 2.97. The molecule has 1 aromatic heterocycles. The second-order valence-electron chi connectivity index (χ2n) is 4.64. The van der Waals surface area contributed by atoms with Crippen molar-refractivity contribution in [2.75, 3.05) is 13.7 Å². The van der Waals surface area contributed by atoms with E-state index in [-0.39, 0.29) is 24.7 Å². The maximum Gasteiger partial charge on any atom is 0.325 e. The van der Waals surface area contributed by atoms with Crippen molar-refractivity contribution in [3.05, 3.63) is 52.1 Å². The fourth-order valence-corrected chi connectivity index (χ4v) is 1.76. The van der Waals surface area contributed by atoms with E-state index in [4.69, 9.17) is 4.74 Å². The van der Waals surface area contributed by atoms with E-state index in [1.54, 1.807) is 0 Å². The van der Waals surface area contributed by atoms with Crippen LogP contribution in [0.2, 0.25) is 0 Å². The topological polar surface area (TPSA) is 126 Å². The van der Waals surface area contributed by atoms with E-state index in [0.29, 0.717) is 0 Å². The zero-order chi connectivity index (χ0) is 18.4. The molecule has 10 nitrogen and oxygen atoms in total. The van der Waals surface area contributed by atoms with Gasteiger partial charge in [0.15, 0.2) is 6.73 Å². The van der Waals surface area contributed by atoms with Gasteiger partial charge in [-0.15, -0.1) is 0 Å². The Kier molecular flexibility index (Phi) is 5.61. The highest BCUT2D eigenvalue weighted by molar-refractivity contribution is 5.94. The van der Waals surface area contributed by atoms with Gasteiger partial charge in [0.1, 0.15) is 18.1 Å². The van der Waals surface area contributed by atoms with Crippen LogP contribution in [0.1, 0.15) is 10.5 Å². The van der Waals surface area contributed by atoms with Crippen molar-refractivity contribution in [2.45, 2.75) is 6.73 Å². The molecule has 0 spiro atoms. The molecule has 0 radical (unpaired) electrons. The molecule has 0 saturated carbocycles. The Morgan fingerprint density at radius 3 is 2.84 bits per heavy atom.